The third kappa shape index (κ3) is 4.92. The second-order valence-electron chi connectivity index (χ2n) is 7.54. The summed E-state index contributed by atoms with van der Waals surface area (Å²) in [5, 5.41) is 2.76. The van der Waals surface area contributed by atoms with Gasteiger partial charge in [-0.15, -0.1) is 0 Å². The number of carbonyl (C=O) groups is 2. The number of rotatable bonds is 2. The van der Waals surface area contributed by atoms with Crippen LogP contribution < -0.4 is 5.32 Å². The normalized spacial score (nSPS) is 24.5. The average Bonchev–Trinajstić information content (AvgIpc) is 2.67. The molecule has 0 radical (unpaired) electrons. The largest absolute Gasteiger partial charge is 0.354 e. The summed E-state index contributed by atoms with van der Waals surface area (Å²) in [5.41, 5.74) is -0.421. The van der Waals surface area contributed by atoms with Gasteiger partial charge in [-0.3, -0.25) is 9.59 Å². The Morgan fingerprint density at radius 1 is 1.14 bits per heavy atom. The number of benzene rings is 1. The molecule has 2 unspecified atom stereocenters. The first kappa shape index (κ1) is 21.6. The number of nitrogens with zero attached hydrogens (tertiary/aromatic N) is 2. The van der Waals surface area contributed by atoms with E-state index in [-0.39, 0.29) is 32.1 Å². The first-order chi connectivity index (χ1) is 13.7. The average molecular weight is 429 g/mol. The molecule has 29 heavy (non-hydrogen) atoms. The van der Waals surface area contributed by atoms with Crippen LogP contribution in [-0.4, -0.2) is 67.9 Å². The van der Waals surface area contributed by atoms with Crippen molar-refractivity contribution in [3.8, 4) is 0 Å². The molecule has 1 saturated carbocycles. The van der Waals surface area contributed by atoms with Crippen molar-refractivity contribution >= 4 is 21.8 Å². The minimum absolute atomic E-state index is 0.00401. The van der Waals surface area contributed by atoms with Gasteiger partial charge in [0, 0.05) is 32.2 Å². The van der Waals surface area contributed by atoms with Crippen molar-refractivity contribution in [3.05, 3.63) is 35.4 Å². The Hall–Kier alpha value is -2.07. The molecular weight excluding hydrogens is 404 g/mol. The van der Waals surface area contributed by atoms with Crippen LogP contribution in [0.5, 0.6) is 0 Å². The highest BCUT2D eigenvalue weighted by atomic mass is 32.2. The molecule has 1 saturated heterocycles. The van der Waals surface area contributed by atoms with E-state index in [1.165, 1.54) is 9.21 Å². The Morgan fingerprint density at radius 2 is 1.86 bits per heavy atom. The Bertz CT molecular complexity index is 893. The minimum Gasteiger partial charge on any atom is -0.354 e. The van der Waals surface area contributed by atoms with E-state index < -0.39 is 45.1 Å². The predicted molar refractivity (Wildman–Crippen MR) is 103 cm³/mol. The molecule has 2 aliphatic rings. The highest BCUT2D eigenvalue weighted by Gasteiger charge is 2.39. The van der Waals surface area contributed by atoms with E-state index in [1.807, 2.05) is 0 Å². The molecule has 1 aliphatic heterocycles. The van der Waals surface area contributed by atoms with Gasteiger partial charge >= 0.3 is 0 Å². The predicted octanol–water partition coefficient (Wildman–Crippen LogP) is 1.36. The quantitative estimate of drug-likeness (QED) is 0.769. The molecule has 160 valence electrons. The fraction of sp³-hybridized carbons (Fsp3) is 0.579. The van der Waals surface area contributed by atoms with Gasteiger partial charge in [-0.05, 0) is 31.0 Å². The first-order valence-electron chi connectivity index (χ1n) is 9.67. The molecule has 0 aromatic heterocycles. The summed E-state index contributed by atoms with van der Waals surface area (Å²) in [4.78, 5) is 26.7. The van der Waals surface area contributed by atoms with E-state index in [4.69, 9.17) is 0 Å². The zero-order valence-corrected chi connectivity index (χ0v) is 17.1. The van der Waals surface area contributed by atoms with Crippen LogP contribution in [0.1, 0.15) is 36.0 Å². The number of nitrogens with one attached hydrogen (secondary N) is 1. The van der Waals surface area contributed by atoms with Crippen molar-refractivity contribution in [3.63, 3.8) is 0 Å². The van der Waals surface area contributed by atoms with E-state index in [2.05, 4.69) is 5.32 Å². The maximum absolute atomic E-state index is 14.1. The molecule has 0 spiro atoms. The number of amides is 2. The molecular formula is C19H25F2N3O4S. The Balaban J connectivity index is 1.89. The van der Waals surface area contributed by atoms with Crippen LogP contribution in [0.3, 0.4) is 0 Å². The molecule has 1 N–H and O–H groups in total. The highest BCUT2D eigenvalue weighted by molar-refractivity contribution is 7.88. The van der Waals surface area contributed by atoms with Crippen LogP contribution >= 0.6 is 0 Å². The summed E-state index contributed by atoms with van der Waals surface area (Å²) in [6.45, 7) is 0.232. The van der Waals surface area contributed by atoms with Crippen LogP contribution in [0.4, 0.5) is 8.78 Å². The molecule has 3 rings (SSSR count). The van der Waals surface area contributed by atoms with Gasteiger partial charge in [-0.25, -0.2) is 17.2 Å². The van der Waals surface area contributed by atoms with Gasteiger partial charge in [-0.2, -0.15) is 4.31 Å². The van der Waals surface area contributed by atoms with Crippen molar-refractivity contribution in [1.29, 1.82) is 0 Å². The molecule has 7 nitrogen and oxygen atoms in total. The maximum Gasteiger partial charge on any atom is 0.257 e. The van der Waals surface area contributed by atoms with E-state index in [0.29, 0.717) is 12.8 Å². The molecule has 1 aromatic carbocycles. The van der Waals surface area contributed by atoms with E-state index in [0.717, 1.165) is 37.3 Å². The Kier molecular flexibility index (Phi) is 6.52. The number of halogens is 2. The lowest BCUT2D eigenvalue weighted by Gasteiger charge is -2.39. The van der Waals surface area contributed by atoms with Crippen molar-refractivity contribution in [2.75, 3.05) is 32.4 Å². The summed E-state index contributed by atoms with van der Waals surface area (Å²) in [7, 11) is -3.63. The van der Waals surface area contributed by atoms with Gasteiger partial charge in [0.1, 0.15) is 11.6 Å². The molecule has 10 heteroatoms. The first-order valence-corrected chi connectivity index (χ1v) is 11.5. The zero-order valence-electron chi connectivity index (χ0n) is 16.2. The van der Waals surface area contributed by atoms with E-state index in [9.17, 15) is 26.8 Å². The van der Waals surface area contributed by atoms with Gasteiger partial charge in [0.25, 0.3) is 5.91 Å². The van der Waals surface area contributed by atoms with E-state index >= 15 is 0 Å². The van der Waals surface area contributed by atoms with Gasteiger partial charge in [0.05, 0.1) is 17.7 Å². The Morgan fingerprint density at radius 3 is 2.59 bits per heavy atom. The van der Waals surface area contributed by atoms with Crippen LogP contribution in [0, 0.1) is 17.6 Å². The molecule has 1 aliphatic carbocycles. The number of carbonyl (C=O) groups excluding carboxylic acids is 2. The monoisotopic (exact) mass is 429 g/mol. The number of sulfonamides is 1. The number of fused-ring (bicyclic) bond motifs is 1. The van der Waals surface area contributed by atoms with Crippen molar-refractivity contribution in [1.82, 2.24) is 14.5 Å². The van der Waals surface area contributed by atoms with Crippen molar-refractivity contribution < 1.29 is 26.8 Å². The molecule has 0 bridgehead atoms. The second kappa shape index (κ2) is 8.74. The molecule has 2 atom stereocenters. The SMILES string of the molecule is CS(=O)(=O)N1CCN(C(=O)c2cc(F)ccc2F)CCNC(=O)C2CCCCC21. The lowest BCUT2D eigenvalue weighted by Crippen LogP contribution is -2.55. The zero-order chi connectivity index (χ0) is 21.2. The van der Waals surface area contributed by atoms with Gasteiger partial charge in [0.15, 0.2) is 0 Å². The van der Waals surface area contributed by atoms with Crippen LogP contribution in [0.25, 0.3) is 0 Å². The van der Waals surface area contributed by atoms with Gasteiger partial charge in [-0.1, -0.05) is 12.8 Å². The molecule has 1 aromatic rings. The third-order valence-electron chi connectivity index (χ3n) is 5.58. The lowest BCUT2D eigenvalue weighted by atomic mass is 9.83. The lowest BCUT2D eigenvalue weighted by molar-refractivity contribution is -0.127. The Labute approximate surface area is 169 Å². The van der Waals surface area contributed by atoms with E-state index in [1.54, 1.807) is 0 Å². The summed E-state index contributed by atoms with van der Waals surface area (Å²) < 4.78 is 53.7. The smallest absolute Gasteiger partial charge is 0.257 e. The van der Waals surface area contributed by atoms with Gasteiger partial charge < -0.3 is 10.2 Å². The van der Waals surface area contributed by atoms with Crippen LogP contribution in [0.15, 0.2) is 18.2 Å². The van der Waals surface area contributed by atoms with Gasteiger partial charge in [0.2, 0.25) is 15.9 Å². The summed E-state index contributed by atoms with van der Waals surface area (Å²) >= 11 is 0. The van der Waals surface area contributed by atoms with Crippen LogP contribution in [-0.2, 0) is 14.8 Å². The third-order valence-corrected chi connectivity index (χ3v) is 6.88. The maximum atomic E-state index is 14.1. The summed E-state index contributed by atoms with van der Waals surface area (Å²) in [5.74, 6) is -3.02. The van der Waals surface area contributed by atoms with Crippen LogP contribution in [0.2, 0.25) is 0 Å². The number of hydrogen-bond donors (Lipinski definition) is 1. The van der Waals surface area contributed by atoms with Crippen molar-refractivity contribution in [2.24, 2.45) is 5.92 Å². The molecule has 2 amide bonds. The standard InChI is InChI=1S/C19H25F2N3O4S/c1-29(27,28)24-11-10-23(19(26)15-12-13(20)6-7-16(15)21)9-8-22-18(25)14-4-2-3-5-17(14)24/h6-7,12,14,17H,2-5,8-11H2,1H3,(H,22,25). The molecule has 2 fully saturated rings. The summed E-state index contributed by atoms with van der Waals surface area (Å²) in [6.07, 6.45) is 3.94. The topological polar surface area (TPSA) is 86.8 Å². The fourth-order valence-corrected chi connectivity index (χ4v) is 5.31. The van der Waals surface area contributed by atoms with Crippen molar-refractivity contribution in [2.45, 2.75) is 31.7 Å². The fourth-order valence-electron chi connectivity index (χ4n) is 4.15. The number of hydrogen-bond acceptors (Lipinski definition) is 4. The molecule has 1 heterocycles. The highest BCUT2D eigenvalue weighted by Crippen LogP contribution is 2.30. The minimum atomic E-state index is -3.63. The summed E-state index contributed by atoms with van der Waals surface area (Å²) in [6, 6.07) is 2.14. The second-order valence-corrected chi connectivity index (χ2v) is 9.47.